The van der Waals surface area contributed by atoms with Crippen molar-refractivity contribution in [2.45, 2.75) is 0 Å². The summed E-state index contributed by atoms with van der Waals surface area (Å²) < 4.78 is 7.79. The molecule has 0 spiro atoms. The molecule has 0 saturated heterocycles. The number of hydrogen-bond donors (Lipinski definition) is 0. The molecule has 90 valence electrons. The first-order valence-electron chi connectivity index (χ1n) is 5.44. The van der Waals surface area contributed by atoms with Crippen LogP contribution in [0.5, 0.6) is 5.75 Å². The molecule has 0 bridgehead atoms. The Hall–Kier alpha value is -1.88. The van der Waals surface area contributed by atoms with E-state index in [-0.39, 0.29) is 0 Å². The van der Waals surface area contributed by atoms with E-state index in [0.717, 1.165) is 27.1 Å². The monoisotopic (exact) mass is 303 g/mol. The number of hydrogen-bond acceptors (Lipinski definition) is 3. The van der Waals surface area contributed by atoms with Crippen LogP contribution >= 0.6 is 15.9 Å². The molecular weight excluding hydrogens is 294 g/mol. The van der Waals surface area contributed by atoms with Gasteiger partial charge in [0.1, 0.15) is 16.0 Å². The highest BCUT2D eigenvalue weighted by molar-refractivity contribution is 9.10. The zero-order chi connectivity index (χ0) is 12.5. The Morgan fingerprint density at radius 3 is 2.61 bits per heavy atom. The van der Waals surface area contributed by atoms with Crippen LogP contribution in [0.15, 0.2) is 47.1 Å². The molecule has 0 aliphatic rings. The number of methoxy groups -OCH3 is 1. The summed E-state index contributed by atoms with van der Waals surface area (Å²) in [6, 6.07) is 13.7. The summed E-state index contributed by atoms with van der Waals surface area (Å²) in [6.07, 6.45) is 0. The molecule has 5 heteroatoms. The van der Waals surface area contributed by atoms with E-state index in [2.05, 4.69) is 26.2 Å². The van der Waals surface area contributed by atoms with E-state index < -0.39 is 0 Å². The first kappa shape index (κ1) is 11.2. The minimum Gasteiger partial charge on any atom is -0.497 e. The van der Waals surface area contributed by atoms with Gasteiger partial charge in [-0.3, -0.25) is 0 Å². The third kappa shape index (κ3) is 1.76. The van der Waals surface area contributed by atoms with Crippen LogP contribution < -0.4 is 4.74 Å². The zero-order valence-corrected chi connectivity index (χ0v) is 11.3. The second-order valence-electron chi connectivity index (χ2n) is 3.81. The molecule has 3 rings (SSSR count). The normalized spacial score (nSPS) is 10.8. The Kier molecular flexibility index (Phi) is 2.76. The van der Waals surface area contributed by atoms with Crippen LogP contribution in [0.1, 0.15) is 0 Å². The SMILES string of the molecule is COc1ccc(-c2nnn3c(Br)cccc23)cc1. The van der Waals surface area contributed by atoms with E-state index in [1.165, 1.54) is 0 Å². The number of rotatable bonds is 2. The second kappa shape index (κ2) is 4.42. The molecule has 0 N–H and O–H groups in total. The van der Waals surface area contributed by atoms with Crippen molar-refractivity contribution in [2.75, 3.05) is 7.11 Å². The van der Waals surface area contributed by atoms with Crippen molar-refractivity contribution in [3.05, 3.63) is 47.1 Å². The fourth-order valence-corrected chi connectivity index (χ4v) is 2.25. The molecule has 0 atom stereocenters. The number of fused-ring (bicyclic) bond motifs is 1. The number of pyridine rings is 1. The summed E-state index contributed by atoms with van der Waals surface area (Å²) >= 11 is 3.45. The van der Waals surface area contributed by atoms with Crippen molar-refractivity contribution < 1.29 is 4.74 Å². The maximum atomic E-state index is 5.14. The van der Waals surface area contributed by atoms with Gasteiger partial charge in [-0.15, -0.1) is 5.10 Å². The number of nitrogens with zero attached hydrogens (tertiary/aromatic N) is 3. The van der Waals surface area contributed by atoms with E-state index in [1.807, 2.05) is 42.5 Å². The van der Waals surface area contributed by atoms with Crippen molar-refractivity contribution in [3.8, 4) is 17.0 Å². The lowest BCUT2D eigenvalue weighted by Gasteiger charge is -2.01. The van der Waals surface area contributed by atoms with Crippen molar-refractivity contribution in [1.82, 2.24) is 14.8 Å². The van der Waals surface area contributed by atoms with Crippen LogP contribution in [0.25, 0.3) is 16.8 Å². The van der Waals surface area contributed by atoms with E-state index in [9.17, 15) is 0 Å². The van der Waals surface area contributed by atoms with Crippen molar-refractivity contribution in [2.24, 2.45) is 0 Å². The molecule has 2 heterocycles. The molecule has 1 aromatic carbocycles. The lowest BCUT2D eigenvalue weighted by molar-refractivity contribution is 0.415. The topological polar surface area (TPSA) is 39.4 Å². The molecule has 0 aliphatic heterocycles. The van der Waals surface area contributed by atoms with Gasteiger partial charge in [0, 0.05) is 5.56 Å². The van der Waals surface area contributed by atoms with Gasteiger partial charge in [0.15, 0.2) is 0 Å². The first-order chi connectivity index (χ1) is 8.79. The van der Waals surface area contributed by atoms with Crippen LogP contribution in [0.2, 0.25) is 0 Å². The highest BCUT2D eigenvalue weighted by Crippen LogP contribution is 2.25. The van der Waals surface area contributed by atoms with Crippen molar-refractivity contribution >= 4 is 21.4 Å². The van der Waals surface area contributed by atoms with Gasteiger partial charge in [0.05, 0.1) is 12.6 Å². The van der Waals surface area contributed by atoms with E-state index in [0.29, 0.717) is 0 Å². The van der Waals surface area contributed by atoms with Gasteiger partial charge in [0.25, 0.3) is 0 Å². The predicted octanol–water partition coefficient (Wildman–Crippen LogP) is 3.17. The second-order valence-corrected chi connectivity index (χ2v) is 4.62. The maximum Gasteiger partial charge on any atom is 0.120 e. The minimum atomic E-state index is 0.830. The molecule has 2 aromatic heterocycles. The third-order valence-corrected chi connectivity index (χ3v) is 3.36. The molecule has 0 aliphatic carbocycles. The highest BCUT2D eigenvalue weighted by atomic mass is 79.9. The van der Waals surface area contributed by atoms with Crippen molar-refractivity contribution in [3.63, 3.8) is 0 Å². The van der Waals surface area contributed by atoms with Crippen LogP contribution in [0.3, 0.4) is 0 Å². The maximum absolute atomic E-state index is 5.14. The Bertz CT molecular complexity index is 691. The van der Waals surface area contributed by atoms with E-state index >= 15 is 0 Å². The number of aromatic nitrogens is 3. The van der Waals surface area contributed by atoms with Crippen LogP contribution in [0, 0.1) is 0 Å². The van der Waals surface area contributed by atoms with Gasteiger partial charge < -0.3 is 4.74 Å². The van der Waals surface area contributed by atoms with Gasteiger partial charge in [-0.25, -0.2) is 4.52 Å². The minimum absolute atomic E-state index is 0.830. The molecule has 0 saturated carbocycles. The van der Waals surface area contributed by atoms with Gasteiger partial charge in [-0.1, -0.05) is 11.3 Å². The fourth-order valence-electron chi connectivity index (χ4n) is 1.84. The Morgan fingerprint density at radius 1 is 1.11 bits per heavy atom. The number of benzene rings is 1. The summed E-state index contributed by atoms with van der Waals surface area (Å²) in [7, 11) is 1.65. The Labute approximate surface area is 112 Å². The van der Waals surface area contributed by atoms with Crippen LogP contribution in [-0.2, 0) is 0 Å². The summed E-state index contributed by atoms with van der Waals surface area (Å²) in [6.45, 7) is 0. The number of ether oxygens (including phenoxy) is 1. The van der Waals surface area contributed by atoms with Crippen LogP contribution in [0.4, 0.5) is 0 Å². The molecule has 18 heavy (non-hydrogen) atoms. The quantitative estimate of drug-likeness (QED) is 0.683. The average Bonchev–Trinajstić information content (AvgIpc) is 2.84. The standard InChI is InChI=1S/C13H10BrN3O/c1-18-10-7-5-9(6-8-10)13-11-3-2-4-12(14)17(11)16-15-13/h2-8H,1H3. The average molecular weight is 304 g/mol. The molecule has 0 amide bonds. The van der Waals surface area contributed by atoms with Crippen molar-refractivity contribution in [1.29, 1.82) is 0 Å². The van der Waals surface area contributed by atoms with Gasteiger partial charge >= 0.3 is 0 Å². The number of halogens is 1. The highest BCUT2D eigenvalue weighted by Gasteiger charge is 2.09. The Morgan fingerprint density at radius 2 is 1.89 bits per heavy atom. The molecule has 0 fully saturated rings. The largest absolute Gasteiger partial charge is 0.497 e. The van der Waals surface area contributed by atoms with Gasteiger partial charge in [0.2, 0.25) is 0 Å². The first-order valence-corrected chi connectivity index (χ1v) is 6.23. The molecular formula is C13H10BrN3O. The van der Waals surface area contributed by atoms with Crippen LogP contribution in [-0.4, -0.2) is 21.9 Å². The third-order valence-electron chi connectivity index (χ3n) is 2.76. The molecule has 3 aromatic rings. The molecule has 0 unspecified atom stereocenters. The lowest BCUT2D eigenvalue weighted by Crippen LogP contribution is -1.88. The molecule has 4 nitrogen and oxygen atoms in total. The Balaban J connectivity index is 2.16. The van der Waals surface area contributed by atoms with E-state index in [1.54, 1.807) is 11.6 Å². The smallest absolute Gasteiger partial charge is 0.120 e. The zero-order valence-electron chi connectivity index (χ0n) is 9.67. The summed E-state index contributed by atoms with van der Waals surface area (Å²) in [4.78, 5) is 0. The predicted molar refractivity (Wildman–Crippen MR) is 72.7 cm³/mol. The summed E-state index contributed by atoms with van der Waals surface area (Å²) in [5, 5.41) is 8.35. The fraction of sp³-hybridized carbons (Fsp3) is 0.0769. The van der Waals surface area contributed by atoms with Gasteiger partial charge in [-0.05, 0) is 52.3 Å². The summed E-state index contributed by atoms with van der Waals surface area (Å²) in [5.41, 5.74) is 2.84. The van der Waals surface area contributed by atoms with E-state index in [4.69, 9.17) is 4.74 Å². The lowest BCUT2D eigenvalue weighted by atomic mass is 10.1. The summed E-state index contributed by atoms with van der Waals surface area (Å²) in [5.74, 6) is 0.830. The molecule has 0 radical (unpaired) electrons. The van der Waals surface area contributed by atoms with Gasteiger partial charge in [-0.2, -0.15) is 0 Å².